The maximum Gasteiger partial charge on any atom is 0.135 e. The van der Waals surface area contributed by atoms with E-state index in [1.54, 1.807) is 6.08 Å². The normalized spacial score (nSPS) is 30.9. The van der Waals surface area contributed by atoms with Gasteiger partial charge in [-0.2, -0.15) is 0 Å². The largest absolute Gasteiger partial charge is 0.394 e. The molecular formula is C10H15N3O2. The highest BCUT2D eigenvalue weighted by Gasteiger charge is 2.30. The van der Waals surface area contributed by atoms with Crippen molar-refractivity contribution < 1.29 is 9.84 Å². The second-order valence-electron chi connectivity index (χ2n) is 3.65. The Hall–Kier alpha value is -1.33. The summed E-state index contributed by atoms with van der Waals surface area (Å²) in [6.07, 6.45) is 5.10. The molecule has 0 radical (unpaired) electrons. The maximum atomic E-state index is 8.96. The van der Waals surface area contributed by atoms with E-state index in [-0.39, 0.29) is 18.9 Å². The van der Waals surface area contributed by atoms with Crippen molar-refractivity contribution in [1.29, 1.82) is 0 Å². The van der Waals surface area contributed by atoms with Crippen LogP contribution in [0.25, 0.3) is 0 Å². The lowest BCUT2D eigenvalue weighted by Gasteiger charge is -2.28. The smallest absolute Gasteiger partial charge is 0.135 e. The standard InChI is InChI=1S/C10H15N3O2/c1-7-12-9(11)4-5-13(7)10-3-2-8(6-14)15-10/h4-5,8,10,14H,1-3,6H2,(H2,11,12)/t8-,10+/m0/s1. The highest BCUT2D eigenvalue weighted by molar-refractivity contribution is 5.92. The molecule has 5 heteroatoms. The summed E-state index contributed by atoms with van der Waals surface area (Å²) < 4.78 is 5.61. The molecule has 2 aliphatic heterocycles. The minimum absolute atomic E-state index is 0.0614. The first-order chi connectivity index (χ1) is 7.20. The van der Waals surface area contributed by atoms with Crippen molar-refractivity contribution in [2.45, 2.75) is 25.2 Å². The molecule has 82 valence electrons. The van der Waals surface area contributed by atoms with Crippen LogP contribution in [-0.4, -0.2) is 34.8 Å². The van der Waals surface area contributed by atoms with Crippen LogP contribution < -0.4 is 5.73 Å². The summed E-state index contributed by atoms with van der Waals surface area (Å²) in [6, 6.07) is 0. The minimum Gasteiger partial charge on any atom is -0.394 e. The maximum absolute atomic E-state index is 8.96. The number of hydrogen-bond acceptors (Lipinski definition) is 5. The van der Waals surface area contributed by atoms with Crippen LogP contribution in [0.5, 0.6) is 0 Å². The van der Waals surface area contributed by atoms with Crippen molar-refractivity contribution in [3.63, 3.8) is 0 Å². The van der Waals surface area contributed by atoms with Gasteiger partial charge in [0.2, 0.25) is 0 Å². The van der Waals surface area contributed by atoms with Crippen molar-refractivity contribution in [2.24, 2.45) is 10.7 Å². The lowest BCUT2D eigenvalue weighted by molar-refractivity contribution is -0.0396. The predicted octanol–water partition coefficient (Wildman–Crippen LogP) is 0.141. The van der Waals surface area contributed by atoms with Gasteiger partial charge >= 0.3 is 0 Å². The van der Waals surface area contributed by atoms with E-state index in [1.165, 1.54) is 0 Å². The van der Waals surface area contributed by atoms with Crippen LogP contribution in [0.15, 0.2) is 29.7 Å². The number of ether oxygens (including phenoxy) is 1. The molecule has 3 N–H and O–H groups in total. The van der Waals surface area contributed by atoms with Crippen LogP contribution in [0, 0.1) is 0 Å². The summed E-state index contributed by atoms with van der Waals surface area (Å²) in [5.74, 6) is 1.03. The van der Waals surface area contributed by atoms with E-state index >= 15 is 0 Å². The molecule has 15 heavy (non-hydrogen) atoms. The third-order valence-electron chi connectivity index (χ3n) is 2.56. The first-order valence-electron chi connectivity index (χ1n) is 4.96. The van der Waals surface area contributed by atoms with E-state index < -0.39 is 0 Å². The molecule has 0 aliphatic carbocycles. The van der Waals surface area contributed by atoms with Gasteiger partial charge in [0.05, 0.1) is 12.7 Å². The van der Waals surface area contributed by atoms with E-state index in [4.69, 9.17) is 15.6 Å². The average molecular weight is 209 g/mol. The van der Waals surface area contributed by atoms with Gasteiger partial charge in [0.1, 0.15) is 17.9 Å². The fourth-order valence-electron chi connectivity index (χ4n) is 1.77. The van der Waals surface area contributed by atoms with Crippen LogP contribution in [0.1, 0.15) is 12.8 Å². The zero-order valence-corrected chi connectivity index (χ0v) is 8.47. The molecule has 0 amide bonds. The molecular weight excluding hydrogens is 194 g/mol. The highest BCUT2D eigenvalue weighted by Crippen LogP contribution is 2.26. The summed E-state index contributed by atoms with van der Waals surface area (Å²) in [7, 11) is 0. The third-order valence-corrected chi connectivity index (χ3v) is 2.56. The lowest BCUT2D eigenvalue weighted by Crippen LogP contribution is -2.33. The minimum atomic E-state index is -0.0808. The second kappa shape index (κ2) is 4.04. The number of hydrogen-bond donors (Lipinski definition) is 2. The van der Waals surface area contributed by atoms with Crippen LogP contribution in [0.3, 0.4) is 0 Å². The molecule has 0 unspecified atom stereocenters. The van der Waals surface area contributed by atoms with Gasteiger partial charge in [0.25, 0.3) is 0 Å². The van der Waals surface area contributed by atoms with Crippen LogP contribution in [-0.2, 0) is 4.74 Å². The molecule has 2 atom stereocenters. The van der Waals surface area contributed by atoms with E-state index in [2.05, 4.69) is 11.6 Å². The zero-order valence-electron chi connectivity index (χ0n) is 8.47. The van der Waals surface area contributed by atoms with Gasteiger partial charge in [-0.15, -0.1) is 0 Å². The third kappa shape index (κ3) is 2.03. The summed E-state index contributed by atoms with van der Waals surface area (Å²) in [5, 5.41) is 8.96. The number of aliphatic imine (C=N–C) groups is 1. The van der Waals surface area contributed by atoms with Crippen molar-refractivity contribution >= 4 is 5.84 Å². The number of nitrogens with two attached hydrogens (primary N) is 1. The van der Waals surface area contributed by atoms with Crippen LogP contribution >= 0.6 is 0 Å². The molecule has 1 saturated heterocycles. The van der Waals surface area contributed by atoms with Crippen molar-refractivity contribution in [2.75, 3.05) is 6.61 Å². The van der Waals surface area contributed by atoms with Crippen LogP contribution in [0.2, 0.25) is 0 Å². The zero-order chi connectivity index (χ0) is 10.8. The quantitative estimate of drug-likeness (QED) is 0.678. The summed E-state index contributed by atoms with van der Waals surface area (Å²) >= 11 is 0. The van der Waals surface area contributed by atoms with E-state index in [0.29, 0.717) is 11.7 Å². The monoisotopic (exact) mass is 209 g/mol. The molecule has 0 bridgehead atoms. The second-order valence-corrected chi connectivity index (χ2v) is 3.65. The Morgan fingerprint density at radius 3 is 3.07 bits per heavy atom. The van der Waals surface area contributed by atoms with Crippen molar-refractivity contribution in [3.8, 4) is 0 Å². The first-order valence-corrected chi connectivity index (χ1v) is 4.96. The first kappa shape index (κ1) is 10.2. The van der Waals surface area contributed by atoms with Gasteiger partial charge in [0.15, 0.2) is 0 Å². The number of aliphatic hydroxyl groups excluding tert-OH is 1. The van der Waals surface area contributed by atoms with Gasteiger partial charge in [-0.3, -0.25) is 0 Å². The van der Waals surface area contributed by atoms with Gasteiger partial charge in [0, 0.05) is 6.20 Å². The molecule has 0 aromatic rings. The number of aliphatic hydroxyl groups is 1. The van der Waals surface area contributed by atoms with E-state index in [9.17, 15) is 0 Å². The number of amidine groups is 1. The molecule has 0 saturated carbocycles. The molecule has 2 aliphatic rings. The van der Waals surface area contributed by atoms with Gasteiger partial charge in [-0.05, 0) is 18.9 Å². The Labute approximate surface area is 88.5 Å². The molecule has 0 spiro atoms. The van der Waals surface area contributed by atoms with Gasteiger partial charge < -0.3 is 20.5 Å². The van der Waals surface area contributed by atoms with Crippen LogP contribution in [0.4, 0.5) is 0 Å². The molecule has 2 rings (SSSR count). The van der Waals surface area contributed by atoms with Gasteiger partial charge in [-0.1, -0.05) is 6.58 Å². The Balaban J connectivity index is 2.02. The summed E-state index contributed by atoms with van der Waals surface area (Å²) in [4.78, 5) is 5.90. The summed E-state index contributed by atoms with van der Waals surface area (Å²) in [5.41, 5.74) is 5.53. The number of rotatable bonds is 2. The molecule has 2 heterocycles. The number of nitrogens with zero attached hydrogens (tertiary/aromatic N) is 2. The molecule has 1 fully saturated rings. The summed E-state index contributed by atoms with van der Waals surface area (Å²) in [6.45, 7) is 3.87. The molecule has 0 aromatic carbocycles. The van der Waals surface area contributed by atoms with E-state index in [0.717, 1.165) is 12.8 Å². The predicted molar refractivity (Wildman–Crippen MR) is 56.7 cm³/mol. The Morgan fingerprint density at radius 1 is 1.67 bits per heavy atom. The SMILES string of the molecule is C=C1N=C(N)C=CN1[C@H]1CC[C@@H](CO)O1. The Kier molecular flexibility index (Phi) is 2.75. The molecule has 0 aromatic heterocycles. The van der Waals surface area contributed by atoms with Gasteiger partial charge in [-0.25, -0.2) is 4.99 Å². The van der Waals surface area contributed by atoms with E-state index in [1.807, 2.05) is 11.1 Å². The fraction of sp³-hybridized carbons (Fsp3) is 0.500. The topological polar surface area (TPSA) is 71.1 Å². The van der Waals surface area contributed by atoms with Crippen molar-refractivity contribution in [1.82, 2.24) is 4.90 Å². The van der Waals surface area contributed by atoms with Crippen molar-refractivity contribution in [3.05, 3.63) is 24.7 Å². The highest BCUT2D eigenvalue weighted by atomic mass is 16.5. The Morgan fingerprint density at radius 2 is 2.47 bits per heavy atom. The Bertz CT molecular complexity index is 325. The fourth-order valence-corrected chi connectivity index (χ4v) is 1.77. The lowest BCUT2D eigenvalue weighted by atomic mass is 10.2. The average Bonchev–Trinajstić information content (AvgIpc) is 2.66. The molecule has 5 nitrogen and oxygen atoms in total.